The molecule has 3 nitrogen and oxygen atoms in total. The van der Waals surface area contributed by atoms with Crippen LogP contribution in [0.2, 0.25) is 0 Å². The molecule has 3 heteroatoms. The van der Waals surface area contributed by atoms with E-state index in [9.17, 15) is 0 Å². The van der Waals surface area contributed by atoms with Crippen LogP contribution in [-0.4, -0.2) is 48.8 Å². The molecule has 0 amide bonds. The Kier molecular flexibility index (Phi) is 3.33. The Morgan fingerprint density at radius 1 is 1.05 bits per heavy atom. The van der Waals surface area contributed by atoms with Crippen LogP contribution in [0.5, 0.6) is 0 Å². The zero-order chi connectivity index (χ0) is 12.8. The highest BCUT2D eigenvalue weighted by molar-refractivity contribution is 4.99. The molecule has 4 atom stereocenters. The predicted molar refractivity (Wildman–Crippen MR) is 76.2 cm³/mol. The van der Waals surface area contributed by atoms with Gasteiger partial charge in [0.15, 0.2) is 0 Å². The van der Waals surface area contributed by atoms with E-state index in [4.69, 9.17) is 4.74 Å². The number of nitrogens with one attached hydrogen (secondary N) is 1. The molecule has 108 valence electrons. The summed E-state index contributed by atoms with van der Waals surface area (Å²) in [5.74, 6) is 1.96. The van der Waals surface area contributed by atoms with Gasteiger partial charge in [0.25, 0.3) is 0 Å². The van der Waals surface area contributed by atoms with Crippen molar-refractivity contribution in [2.75, 3.05) is 19.6 Å². The van der Waals surface area contributed by atoms with Gasteiger partial charge in [-0.2, -0.15) is 0 Å². The van der Waals surface area contributed by atoms with Crippen LogP contribution in [0.3, 0.4) is 0 Å². The minimum atomic E-state index is 0.492. The molecule has 0 spiro atoms. The van der Waals surface area contributed by atoms with Crippen LogP contribution in [0.4, 0.5) is 0 Å². The number of nitrogens with zero attached hydrogens (tertiary/aromatic N) is 1. The monoisotopic (exact) mass is 264 g/mol. The maximum absolute atomic E-state index is 6.06. The summed E-state index contributed by atoms with van der Waals surface area (Å²) in [7, 11) is 0. The van der Waals surface area contributed by atoms with E-state index in [0.29, 0.717) is 12.2 Å². The molecule has 4 aliphatic rings. The van der Waals surface area contributed by atoms with Crippen LogP contribution in [0.1, 0.15) is 45.4 Å². The molecule has 2 saturated heterocycles. The van der Waals surface area contributed by atoms with E-state index in [1.807, 2.05) is 0 Å². The second-order valence-corrected chi connectivity index (χ2v) is 7.36. The molecule has 1 N–H and O–H groups in total. The topological polar surface area (TPSA) is 24.5 Å². The van der Waals surface area contributed by atoms with Crippen LogP contribution in [0.15, 0.2) is 0 Å². The molecule has 2 aliphatic carbocycles. The van der Waals surface area contributed by atoms with Gasteiger partial charge in [0, 0.05) is 31.7 Å². The van der Waals surface area contributed by atoms with E-state index < -0.39 is 0 Å². The van der Waals surface area contributed by atoms with Gasteiger partial charge >= 0.3 is 0 Å². The van der Waals surface area contributed by atoms with Gasteiger partial charge < -0.3 is 10.1 Å². The first kappa shape index (κ1) is 12.6. The van der Waals surface area contributed by atoms with Gasteiger partial charge in [0.1, 0.15) is 0 Å². The molecule has 2 heterocycles. The van der Waals surface area contributed by atoms with Crippen molar-refractivity contribution in [3.8, 4) is 0 Å². The third-order valence-corrected chi connectivity index (χ3v) is 5.60. The van der Waals surface area contributed by atoms with Crippen molar-refractivity contribution >= 4 is 0 Å². The summed E-state index contributed by atoms with van der Waals surface area (Å²) in [6.07, 6.45) is 9.36. The van der Waals surface area contributed by atoms with Gasteiger partial charge in [0.2, 0.25) is 0 Å². The second-order valence-electron chi connectivity index (χ2n) is 7.36. The van der Waals surface area contributed by atoms with Crippen LogP contribution in [0, 0.1) is 11.8 Å². The highest BCUT2D eigenvalue weighted by Gasteiger charge is 2.43. The average molecular weight is 264 g/mol. The number of hydrogen-bond acceptors (Lipinski definition) is 3. The lowest BCUT2D eigenvalue weighted by Crippen LogP contribution is -2.59. The first-order valence-corrected chi connectivity index (χ1v) is 8.42. The number of rotatable bonds is 4. The van der Waals surface area contributed by atoms with E-state index in [1.54, 1.807) is 0 Å². The van der Waals surface area contributed by atoms with Crippen molar-refractivity contribution in [1.29, 1.82) is 0 Å². The maximum atomic E-state index is 6.06. The van der Waals surface area contributed by atoms with Crippen LogP contribution >= 0.6 is 0 Å². The molecule has 4 unspecified atom stereocenters. The first-order chi connectivity index (χ1) is 9.29. The first-order valence-electron chi connectivity index (χ1n) is 8.42. The smallest absolute Gasteiger partial charge is 0.0706 e. The lowest BCUT2D eigenvalue weighted by Gasteiger charge is -2.42. The third kappa shape index (κ3) is 2.84. The molecule has 0 bridgehead atoms. The lowest BCUT2D eigenvalue weighted by molar-refractivity contribution is 0.00563. The largest absolute Gasteiger partial charge is 0.374 e. The molecule has 0 aromatic carbocycles. The van der Waals surface area contributed by atoms with Crippen molar-refractivity contribution in [2.24, 2.45) is 11.8 Å². The van der Waals surface area contributed by atoms with Gasteiger partial charge in [-0.3, -0.25) is 4.90 Å². The molecular weight excluding hydrogens is 236 g/mol. The Bertz CT molecular complexity index is 327. The number of hydrogen-bond donors (Lipinski definition) is 1. The van der Waals surface area contributed by atoms with Gasteiger partial charge in [-0.15, -0.1) is 0 Å². The molecule has 0 aromatic rings. The number of piperazine rings is 1. The summed E-state index contributed by atoms with van der Waals surface area (Å²) >= 11 is 0. The van der Waals surface area contributed by atoms with Crippen molar-refractivity contribution in [3.63, 3.8) is 0 Å². The SMILES string of the molecule is CC1CCC(CN2CC(C3CC3)NCC2C2CC2)O1. The molecule has 19 heavy (non-hydrogen) atoms. The van der Waals surface area contributed by atoms with Gasteiger partial charge in [-0.1, -0.05) is 0 Å². The van der Waals surface area contributed by atoms with Gasteiger partial charge in [0.05, 0.1) is 12.2 Å². The fraction of sp³-hybridized carbons (Fsp3) is 1.00. The van der Waals surface area contributed by atoms with E-state index >= 15 is 0 Å². The van der Waals surface area contributed by atoms with Crippen molar-refractivity contribution in [1.82, 2.24) is 10.2 Å². The Balaban J connectivity index is 1.39. The molecular formula is C16H28N2O. The second kappa shape index (κ2) is 5.01. The highest BCUT2D eigenvalue weighted by Crippen LogP contribution is 2.40. The van der Waals surface area contributed by atoms with Crippen molar-refractivity contribution < 1.29 is 4.74 Å². The Morgan fingerprint density at radius 2 is 1.84 bits per heavy atom. The summed E-state index contributed by atoms with van der Waals surface area (Å²) in [6, 6.07) is 1.57. The fourth-order valence-corrected chi connectivity index (χ4v) is 4.10. The summed E-state index contributed by atoms with van der Waals surface area (Å²) in [4.78, 5) is 2.79. The minimum absolute atomic E-state index is 0.492. The normalized spacial score (nSPS) is 44.7. The molecule has 0 radical (unpaired) electrons. The molecule has 0 aromatic heterocycles. The summed E-state index contributed by atoms with van der Waals surface area (Å²) in [5.41, 5.74) is 0. The molecule has 2 aliphatic heterocycles. The van der Waals surface area contributed by atoms with E-state index in [1.165, 1.54) is 58.2 Å². The van der Waals surface area contributed by atoms with E-state index in [-0.39, 0.29) is 0 Å². The Hall–Kier alpha value is -0.120. The van der Waals surface area contributed by atoms with E-state index in [2.05, 4.69) is 17.1 Å². The summed E-state index contributed by atoms with van der Waals surface area (Å²) < 4.78 is 6.06. The van der Waals surface area contributed by atoms with E-state index in [0.717, 1.165) is 23.9 Å². The Morgan fingerprint density at radius 3 is 2.47 bits per heavy atom. The maximum Gasteiger partial charge on any atom is 0.0706 e. The van der Waals surface area contributed by atoms with Gasteiger partial charge in [-0.25, -0.2) is 0 Å². The third-order valence-electron chi connectivity index (χ3n) is 5.60. The Labute approximate surface area is 117 Å². The van der Waals surface area contributed by atoms with Crippen molar-refractivity contribution in [2.45, 2.75) is 69.7 Å². The fourth-order valence-electron chi connectivity index (χ4n) is 4.10. The zero-order valence-electron chi connectivity index (χ0n) is 12.2. The molecule has 4 rings (SSSR count). The van der Waals surface area contributed by atoms with Crippen LogP contribution in [-0.2, 0) is 4.74 Å². The predicted octanol–water partition coefficient (Wildman–Crippen LogP) is 2.02. The van der Waals surface area contributed by atoms with Crippen LogP contribution in [0.25, 0.3) is 0 Å². The van der Waals surface area contributed by atoms with Crippen molar-refractivity contribution in [3.05, 3.63) is 0 Å². The summed E-state index contributed by atoms with van der Waals surface area (Å²) in [6.45, 7) is 5.92. The van der Waals surface area contributed by atoms with Gasteiger partial charge in [-0.05, 0) is 57.3 Å². The zero-order valence-corrected chi connectivity index (χ0v) is 12.2. The molecule has 4 fully saturated rings. The van der Waals surface area contributed by atoms with Crippen LogP contribution < -0.4 is 5.32 Å². The summed E-state index contributed by atoms with van der Waals surface area (Å²) in [5, 5.41) is 3.83. The highest BCUT2D eigenvalue weighted by atomic mass is 16.5. The molecule has 2 saturated carbocycles. The quantitative estimate of drug-likeness (QED) is 0.841. The minimum Gasteiger partial charge on any atom is -0.374 e. The average Bonchev–Trinajstić information content (AvgIpc) is 3.29. The lowest BCUT2D eigenvalue weighted by atomic mass is 10.0. The number of ether oxygens (including phenoxy) is 1. The standard InChI is InChI=1S/C16H28N2O/c1-11-2-7-14(19-11)9-18-10-15(12-3-4-12)17-8-16(18)13-5-6-13/h11-17H,2-10H2,1H3.